The summed E-state index contributed by atoms with van der Waals surface area (Å²) in [5.74, 6) is 0. The molecule has 0 amide bonds. The Morgan fingerprint density at radius 1 is 0.586 bits per heavy atom. The van der Waals surface area contributed by atoms with Crippen molar-refractivity contribution in [3.63, 3.8) is 0 Å². The third kappa shape index (κ3) is 66.3. The molecule has 1 N–H and O–H groups in total. The van der Waals surface area contributed by atoms with Crippen LogP contribution in [0, 0.1) is 0 Å². The van der Waals surface area contributed by atoms with E-state index in [1.807, 2.05) is 114 Å². The SMILES string of the molecule is CC.CC.CC.CC(C)NS(C)(=O)=O.COC.c1ccccc1.c1ccccc1. The zero-order valence-corrected chi connectivity index (χ0v) is 21.5. The molecule has 0 spiro atoms. The van der Waals surface area contributed by atoms with Crippen molar-refractivity contribution in [2.75, 3.05) is 20.5 Å². The molecule has 0 bridgehead atoms. The molecule has 172 valence electrons. The number of benzene rings is 2. The second-order valence-electron chi connectivity index (χ2n) is 4.76. The van der Waals surface area contributed by atoms with Gasteiger partial charge in [0.1, 0.15) is 0 Å². The van der Waals surface area contributed by atoms with E-state index in [0.717, 1.165) is 6.26 Å². The molecule has 0 saturated carbocycles. The Morgan fingerprint density at radius 2 is 0.724 bits per heavy atom. The molecule has 0 heterocycles. The van der Waals surface area contributed by atoms with E-state index in [1.165, 1.54) is 0 Å². The molecular formula is C24H47NO3S. The number of methoxy groups -OCH3 is 1. The minimum Gasteiger partial charge on any atom is -0.388 e. The van der Waals surface area contributed by atoms with Gasteiger partial charge in [-0.15, -0.1) is 0 Å². The summed E-state index contributed by atoms with van der Waals surface area (Å²) in [7, 11) is 0.277. The maximum absolute atomic E-state index is 10.3. The van der Waals surface area contributed by atoms with E-state index < -0.39 is 10.0 Å². The highest BCUT2D eigenvalue weighted by Gasteiger charge is 2.00. The molecule has 0 aliphatic carbocycles. The monoisotopic (exact) mass is 429 g/mol. The van der Waals surface area contributed by atoms with Gasteiger partial charge in [-0.05, 0) is 13.8 Å². The molecular weight excluding hydrogens is 382 g/mol. The van der Waals surface area contributed by atoms with E-state index in [0.29, 0.717) is 0 Å². The first kappa shape index (κ1) is 38.0. The van der Waals surface area contributed by atoms with Crippen LogP contribution in [0.1, 0.15) is 55.4 Å². The van der Waals surface area contributed by atoms with Crippen molar-refractivity contribution in [1.29, 1.82) is 0 Å². The van der Waals surface area contributed by atoms with Crippen LogP contribution in [0.4, 0.5) is 0 Å². The van der Waals surface area contributed by atoms with E-state index in [1.54, 1.807) is 28.1 Å². The first-order valence-electron chi connectivity index (χ1n) is 10.2. The second kappa shape index (κ2) is 37.1. The van der Waals surface area contributed by atoms with Gasteiger partial charge in [0.2, 0.25) is 10.0 Å². The zero-order chi connectivity index (χ0) is 24.0. The lowest BCUT2D eigenvalue weighted by atomic mass is 10.4. The normalized spacial score (nSPS) is 8.00. The van der Waals surface area contributed by atoms with Gasteiger partial charge in [-0.3, -0.25) is 0 Å². The lowest BCUT2D eigenvalue weighted by Crippen LogP contribution is -2.28. The summed E-state index contributed by atoms with van der Waals surface area (Å²) in [6.45, 7) is 15.6. The van der Waals surface area contributed by atoms with Crippen molar-refractivity contribution >= 4 is 10.0 Å². The lowest BCUT2D eigenvalue weighted by Gasteiger charge is -2.02. The molecule has 0 aliphatic heterocycles. The van der Waals surface area contributed by atoms with Crippen LogP contribution in [-0.2, 0) is 14.8 Å². The quantitative estimate of drug-likeness (QED) is 0.581. The Kier molecular flexibility index (Phi) is 48.6. The van der Waals surface area contributed by atoms with Crippen molar-refractivity contribution in [1.82, 2.24) is 4.72 Å². The van der Waals surface area contributed by atoms with E-state index in [-0.39, 0.29) is 6.04 Å². The molecule has 4 nitrogen and oxygen atoms in total. The summed E-state index contributed by atoms with van der Waals surface area (Å²) < 4.78 is 27.3. The minimum absolute atomic E-state index is 0.00463. The van der Waals surface area contributed by atoms with Gasteiger partial charge in [0, 0.05) is 20.3 Å². The third-order valence-corrected chi connectivity index (χ3v) is 2.68. The molecule has 0 aliphatic rings. The topological polar surface area (TPSA) is 55.4 Å². The molecule has 2 aromatic rings. The maximum atomic E-state index is 10.3. The van der Waals surface area contributed by atoms with Crippen molar-refractivity contribution in [3.05, 3.63) is 72.8 Å². The molecule has 0 aromatic heterocycles. The summed E-state index contributed by atoms with van der Waals surface area (Å²) in [5, 5.41) is 0. The number of rotatable bonds is 2. The Labute approximate surface area is 182 Å². The molecule has 0 radical (unpaired) electrons. The average Bonchev–Trinajstić information content (AvgIpc) is 2.75. The summed E-state index contributed by atoms with van der Waals surface area (Å²) in [6.07, 6.45) is 1.15. The molecule has 0 fully saturated rings. The Morgan fingerprint density at radius 3 is 0.759 bits per heavy atom. The van der Waals surface area contributed by atoms with Gasteiger partial charge in [0.15, 0.2) is 0 Å². The first-order chi connectivity index (χ1) is 13.8. The number of ether oxygens (including phenoxy) is 1. The van der Waals surface area contributed by atoms with Crippen LogP contribution in [0.5, 0.6) is 0 Å². The number of hydrogen-bond donors (Lipinski definition) is 1. The van der Waals surface area contributed by atoms with Gasteiger partial charge < -0.3 is 4.74 Å². The largest absolute Gasteiger partial charge is 0.388 e. The zero-order valence-electron chi connectivity index (χ0n) is 20.6. The fourth-order valence-electron chi connectivity index (χ4n) is 1.20. The summed E-state index contributed by atoms with van der Waals surface area (Å²) in [5.41, 5.74) is 0. The Bertz CT molecular complexity index is 446. The third-order valence-electron chi connectivity index (χ3n) is 1.78. The van der Waals surface area contributed by atoms with Gasteiger partial charge in [0.25, 0.3) is 0 Å². The smallest absolute Gasteiger partial charge is 0.208 e. The standard InChI is InChI=1S/2C6H6.C4H11NO2S.C2H6O.3C2H6/c2*1-2-4-6-5-3-1;1-4(2)5-8(3,6)7;1-3-2;3*1-2/h2*1-6H;4-5H,1-3H3;1-2H3;3*1-2H3. The molecule has 0 atom stereocenters. The Hall–Kier alpha value is -1.69. The van der Waals surface area contributed by atoms with Crippen molar-refractivity contribution in [2.45, 2.75) is 61.4 Å². The van der Waals surface area contributed by atoms with Gasteiger partial charge in [-0.2, -0.15) is 0 Å². The minimum atomic E-state index is -2.97. The van der Waals surface area contributed by atoms with E-state index >= 15 is 0 Å². The number of nitrogens with one attached hydrogen (secondary N) is 1. The lowest BCUT2D eigenvalue weighted by molar-refractivity contribution is 0.277. The molecule has 5 heteroatoms. The maximum Gasteiger partial charge on any atom is 0.208 e. The highest BCUT2D eigenvalue weighted by Crippen LogP contribution is 1.81. The molecule has 29 heavy (non-hydrogen) atoms. The van der Waals surface area contributed by atoms with E-state index in [2.05, 4.69) is 9.46 Å². The van der Waals surface area contributed by atoms with Crippen LogP contribution in [0.3, 0.4) is 0 Å². The average molecular weight is 430 g/mol. The van der Waals surface area contributed by atoms with Crippen LogP contribution >= 0.6 is 0 Å². The van der Waals surface area contributed by atoms with Gasteiger partial charge in [-0.1, -0.05) is 114 Å². The summed E-state index contributed by atoms with van der Waals surface area (Å²) in [6, 6.07) is 24.0. The van der Waals surface area contributed by atoms with Gasteiger partial charge in [0.05, 0.1) is 6.26 Å². The van der Waals surface area contributed by atoms with Crippen molar-refractivity contribution in [2.24, 2.45) is 0 Å². The number of sulfonamides is 1. The van der Waals surface area contributed by atoms with Crippen LogP contribution in [0.25, 0.3) is 0 Å². The van der Waals surface area contributed by atoms with Crippen molar-refractivity contribution in [3.8, 4) is 0 Å². The van der Waals surface area contributed by atoms with Gasteiger partial charge >= 0.3 is 0 Å². The predicted octanol–water partition coefficient (Wildman–Crippen LogP) is 6.66. The fourth-order valence-corrected chi connectivity index (χ4v) is 2.05. The van der Waals surface area contributed by atoms with Crippen LogP contribution in [-0.4, -0.2) is 34.9 Å². The number of hydrogen-bond acceptors (Lipinski definition) is 3. The van der Waals surface area contributed by atoms with Gasteiger partial charge in [-0.25, -0.2) is 13.1 Å². The summed E-state index contributed by atoms with van der Waals surface area (Å²) >= 11 is 0. The van der Waals surface area contributed by atoms with Crippen molar-refractivity contribution < 1.29 is 13.2 Å². The Balaban J connectivity index is -0.0000000834. The van der Waals surface area contributed by atoms with E-state index in [9.17, 15) is 8.42 Å². The highest BCUT2D eigenvalue weighted by molar-refractivity contribution is 7.88. The molecule has 0 unspecified atom stereocenters. The molecule has 2 aromatic carbocycles. The van der Waals surface area contributed by atoms with E-state index in [4.69, 9.17) is 0 Å². The van der Waals surface area contributed by atoms with Crippen LogP contribution in [0.2, 0.25) is 0 Å². The molecule has 2 rings (SSSR count). The highest BCUT2D eigenvalue weighted by atomic mass is 32.2. The summed E-state index contributed by atoms with van der Waals surface area (Å²) in [4.78, 5) is 0. The second-order valence-corrected chi connectivity index (χ2v) is 6.54. The van der Waals surface area contributed by atoms with Crippen LogP contribution in [0.15, 0.2) is 72.8 Å². The predicted molar refractivity (Wildman–Crippen MR) is 133 cm³/mol. The molecule has 0 saturated heterocycles. The van der Waals surface area contributed by atoms with Crippen LogP contribution < -0.4 is 4.72 Å². The first-order valence-corrected chi connectivity index (χ1v) is 12.1. The fraction of sp³-hybridized carbons (Fsp3) is 0.500.